The van der Waals surface area contributed by atoms with E-state index in [9.17, 15) is 4.79 Å². The molecule has 1 aromatic carbocycles. The highest BCUT2D eigenvalue weighted by Gasteiger charge is 2.23. The first-order valence-corrected chi connectivity index (χ1v) is 9.81. The first-order chi connectivity index (χ1) is 12.7. The van der Waals surface area contributed by atoms with Gasteiger partial charge >= 0.3 is 0 Å². The highest BCUT2D eigenvalue weighted by molar-refractivity contribution is 5.86. The average Bonchev–Trinajstić information content (AvgIpc) is 3.15. The Morgan fingerprint density at radius 1 is 1.08 bits per heavy atom. The van der Waals surface area contributed by atoms with Crippen LogP contribution >= 0.6 is 0 Å². The molecule has 1 aliphatic heterocycles. The first-order valence-electron chi connectivity index (χ1n) is 9.81. The molecule has 6 heteroatoms. The summed E-state index contributed by atoms with van der Waals surface area (Å²) >= 11 is 0. The van der Waals surface area contributed by atoms with Crippen LogP contribution in [0.4, 0.5) is 5.69 Å². The van der Waals surface area contributed by atoms with Crippen molar-refractivity contribution in [1.82, 2.24) is 16.0 Å². The van der Waals surface area contributed by atoms with Crippen molar-refractivity contribution in [2.24, 2.45) is 4.99 Å². The van der Waals surface area contributed by atoms with Gasteiger partial charge in [0, 0.05) is 37.9 Å². The van der Waals surface area contributed by atoms with Gasteiger partial charge in [0.2, 0.25) is 5.91 Å². The number of hydrogen-bond donors (Lipinski definition) is 3. The summed E-state index contributed by atoms with van der Waals surface area (Å²) < 4.78 is 0. The summed E-state index contributed by atoms with van der Waals surface area (Å²) in [6.07, 6.45) is 7.01. The molecule has 1 heterocycles. The Labute approximate surface area is 156 Å². The lowest BCUT2D eigenvalue weighted by Gasteiger charge is -2.23. The minimum atomic E-state index is 0.0529. The van der Waals surface area contributed by atoms with Crippen LogP contribution in [-0.4, -0.2) is 50.6 Å². The largest absolute Gasteiger partial charge is 0.369 e. The van der Waals surface area contributed by atoms with E-state index in [2.05, 4.69) is 50.1 Å². The molecule has 0 spiro atoms. The van der Waals surface area contributed by atoms with Crippen molar-refractivity contribution in [3.8, 4) is 0 Å². The molecule has 0 aromatic heterocycles. The van der Waals surface area contributed by atoms with Crippen LogP contribution < -0.4 is 20.9 Å². The summed E-state index contributed by atoms with van der Waals surface area (Å²) in [6.45, 7) is 2.24. The van der Waals surface area contributed by atoms with Crippen molar-refractivity contribution in [3.05, 3.63) is 30.3 Å². The third-order valence-electron chi connectivity index (χ3n) is 5.26. The minimum absolute atomic E-state index is 0.0529. The summed E-state index contributed by atoms with van der Waals surface area (Å²) in [6, 6.07) is 11.2. The predicted molar refractivity (Wildman–Crippen MR) is 107 cm³/mol. The number of carbonyl (C=O) groups is 1. The second kappa shape index (κ2) is 9.46. The Morgan fingerprint density at radius 2 is 1.85 bits per heavy atom. The van der Waals surface area contributed by atoms with Crippen molar-refractivity contribution in [3.63, 3.8) is 0 Å². The van der Waals surface area contributed by atoms with E-state index in [1.807, 2.05) is 6.07 Å². The fraction of sp³-hybridized carbons (Fsp3) is 0.600. The smallest absolute Gasteiger partial charge is 0.239 e. The summed E-state index contributed by atoms with van der Waals surface area (Å²) in [5.74, 6) is 0.751. The number of para-hydroxylation sites is 1. The Bertz CT molecular complexity index is 597. The van der Waals surface area contributed by atoms with Crippen molar-refractivity contribution in [1.29, 1.82) is 0 Å². The molecule has 1 aromatic rings. The van der Waals surface area contributed by atoms with E-state index < -0.39 is 0 Å². The maximum atomic E-state index is 12.1. The number of hydrogen-bond acceptors (Lipinski definition) is 3. The van der Waals surface area contributed by atoms with Crippen LogP contribution in [-0.2, 0) is 4.79 Å². The second-order valence-corrected chi connectivity index (χ2v) is 7.24. The van der Waals surface area contributed by atoms with Crippen molar-refractivity contribution in [2.45, 2.75) is 50.6 Å². The molecule has 1 saturated carbocycles. The molecule has 1 atom stereocenters. The monoisotopic (exact) mass is 357 g/mol. The number of carbonyl (C=O) groups excluding carboxylic acids is 1. The summed E-state index contributed by atoms with van der Waals surface area (Å²) in [5.41, 5.74) is 1.26. The van der Waals surface area contributed by atoms with Crippen LogP contribution in [0, 0.1) is 0 Å². The van der Waals surface area contributed by atoms with Crippen LogP contribution in [0.1, 0.15) is 38.5 Å². The first kappa shape index (κ1) is 18.5. The van der Waals surface area contributed by atoms with Gasteiger partial charge in [-0.1, -0.05) is 37.5 Å². The van der Waals surface area contributed by atoms with Crippen LogP contribution in [0.15, 0.2) is 35.3 Å². The number of nitrogens with zero attached hydrogens (tertiary/aromatic N) is 2. The quantitative estimate of drug-likeness (QED) is 0.556. The minimum Gasteiger partial charge on any atom is -0.369 e. The molecular weight excluding hydrogens is 326 g/mol. The fourth-order valence-electron chi connectivity index (χ4n) is 3.83. The number of amides is 1. The van der Waals surface area contributed by atoms with Crippen molar-refractivity contribution >= 4 is 17.6 Å². The van der Waals surface area contributed by atoms with Gasteiger partial charge in [-0.25, -0.2) is 0 Å². The number of anilines is 1. The van der Waals surface area contributed by atoms with E-state index in [-0.39, 0.29) is 12.5 Å². The molecule has 26 heavy (non-hydrogen) atoms. The van der Waals surface area contributed by atoms with Gasteiger partial charge in [0.1, 0.15) is 0 Å². The Kier molecular flexibility index (Phi) is 6.75. The molecule has 2 fully saturated rings. The topological polar surface area (TPSA) is 68.8 Å². The van der Waals surface area contributed by atoms with Gasteiger partial charge in [-0.05, 0) is 31.4 Å². The molecule has 3 rings (SSSR count). The van der Waals surface area contributed by atoms with Gasteiger partial charge in [-0.15, -0.1) is 0 Å². The van der Waals surface area contributed by atoms with E-state index in [0.29, 0.717) is 18.0 Å². The Balaban J connectivity index is 1.40. The molecular formula is C20H31N5O. The molecule has 1 unspecified atom stereocenters. The van der Waals surface area contributed by atoms with Gasteiger partial charge in [-0.3, -0.25) is 9.79 Å². The molecule has 1 saturated heterocycles. The van der Waals surface area contributed by atoms with E-state index in [4.69, 9.17) is 0 Å². The van der Waals surface area contributed by atoms with Gasteiger partial charge in [-0.2, -0.15) is 0 Å². The van der Waals surface area contributed by atoms with Crippen LogP contribution in [0.3, 0.4) is 0 Å². The maximum Gasteiger partial charge on any atom is 0.239 e. The normalized spacial score (nSPS) is 21.5. The van der Waals surface area contributed by atoms with E-state index in [1.54, 1.807) is 7.05 Å². The molecule has 0 bridgehead atoms. The zero-order chi connectivity index (χ0) is 18.2. The lowest BCUT2D eigenvalue weighted by molar-refractivity contribution is -0.120. The molecule has 1 amide bonds. The number of guanidine groups is 1. The number of rotatable bonds is 5. The third-order valence-corrected chi connectivity index (χ3v) is 5.26. The molecule has 6 nitrogen and oxygen atoms in total. The summed E-state index contributed by atoms with van der Waals surface area (Å²) in [5, 5.41) is 9.72. The predicted octanol–water partition coefficient (Wildman–Crippen LogP) is 1.88. The number of aliphatic imine (C=N–C) groups is 1. The SMILES string of the molecule is CN=C(NCC(=O)NC1CCCCC1)NC1CCN(c2ccccc2)C1. The number of nitrogens with one attached hydrogen (secondary N) is 3. The highest BCUT2D eigenvalue weighted by atomic mass is 16.2. The van der Waals surface area contributed by atoms with E-state index in [1.165, 1.54) is 24.9 Å². The number of benzene rings is 1. The summed E-state index contributed by atoms with van der Waals surface area (Å²) in [7, 11) is 1.75. The lowest BCUT2D eigenvalue weighted by atomic mass is 9.95. The van der Waals surface area contributed by atoms with Gasteiger partial charge in [0.25, 0.3) is 0 Å². The highest BCUT2D eigenvalue weighted by Crippen LogP contribution is 2.19. The van der Waals surface area contributed by atoms with E-state index >= 15 is 0 Å². The van der Waals surface area contributed by atoms with Crippen LogP contribution in [0.5, 0.6) is 0 Å². The second-order valence-electron chi connectivity index (χ2n) is 7.24. The lowest BCUT2D eigenvalue weighted by Crippen LogP contribution is -2.49. The third kappa shape index (κ3) is 5.38. The van der Waals surface area contributed by atoms with E-state index in [0.717, 1.165) is 32.4 Å². The van der Waals surface area contributed by atoms with Gasteiger partial charge < -0.3 is 20.9 Å². The summed E-state index contributed by atoms with van der Waals surface area (Å²) in [4.78, 5) is 18.8. The van der Waals surface area contributed by atoms with Gasteiger partial charge in [0.15, 0.2) is 5.96 Å². The van der Waals surface area contributed by atoms with Gasteiger partial charge in [0.05, 0.1) is 6.54 Å². The molecule has 1 aliphatic carbocycles. The zero-order valence-corrected chi connectivity index (χ0v) is 15.7. The van der Waals surface area contributed by atoms with Crippen LogP contribution in [0.25, 0.3) is 0 Å². The average molecular weight is 358 g/mol. The zero-order valence-electron chi connectivity index (χ0n) is 15.7. The molecule has 142 valence electrons. The Morgan fingerprint density at radius 3 is 2.58 bits per heavy atom. The molecule has 3 N–H and O–H groups in total. The maximum absolute atomic E-state index is 12.1. The standard InChI is InChI=1S/C20H31N5O/c1-21-20(22-14-19(26)23-16-8-4-2-5-9-16)24-17-12-13-25(15-17)18-10-6-3-7-11-18/h3,6-7,10-11,16-17H,2,4-5,8-9,12-15H2,1H3,(H,23,26)(H2,21,22,24). The van der Waals surface area contributed by atoms with Crippen LogP contribution in [0.2, 0.25) is 0 Å². The molecule has 2 aliphatic rings. The van der Waals surface area contributed by atoms with Crippen molar-refractivity contribution < 1.29 is 4.79 Å². The fourth-order valence-corrected chi connectivity index (χ4v) is 3.83. The van der Waals surface area contributed by atoms with Crippen molar-refractivity contribution in [2.75, 3.05) is 31.6 Å². The molecule has 0 radical (unpaired) electrons. The Hall–Kier alpha value is -2.24.